The predicted octanol–water partition coefficient (Wildman–Crippen LogP) is 3.40. The molecule has 98 valence electrons. The molecule has 0 saturated heterocycles. The lowest BCUT2D eigenvalue weighted by atomic mass is 9.82. The molecule has 1 unspecified atom stereocenters. The highest BCUT2D eigenvalue weighted by molar-refractivity contribution is 5.79. The summed E-state index contributed by atoms with van der Waals surface area (Å²) >= 11 is 0. The molecule has 2 rings (SSSR count). The molecule has 2 nitrogen and oxygen atoms in total. The number of nitrogens with zero attached hydrogens (tertiary/aromatic N) is 1. The van der Waals surface area contributed by atoms with E-state index in [0.717, 1.165) is 31.2 Å². The van der Waals surface area contributed by atoms with Crippen LogP contribution in [0.2, 0.25) is 0 Å². The number of hydrogen-bond acceptors (Lipinski definition) is 2. The van der Waals surface area contributed by atoms with Gasteiger partial charge in [0.2, 0.25) is 0 Å². The van der Waals surface area contributed by atoms with Crippen LogP contribution in [-0.4, -0.2) is 29.8 Å². The Morgan fingerprint density at radius 2 is 1.82 bits per heavy atom. The molecule has 1 atom stereocenters. The molecule has 0 aromatic heterocycles. The Kier molecular flexibility index (Phi) is 4.61. The van der Waals surface area contributed by atoms with Crippen molar-refractivity contribution in [1.82, 2.24) is 4.90 Å². The molecular weight excluding hydrogens is 210 g/mol. The summed E-state index contributed by atoms with van der Waals surface area (Å²) in [6.45, 7) is 2.31. The van der Waals surface area contributed by atoms with Crippen molar-refractivity contribution in [2.75, 3.05) is 7.05 Å². The van der Waals surface area contributed by atoms with Crippen LogP contribution < -0.4 is 0 Å². The van der Waals surface area contributed by atoms with Crippen LogP contribution in [0.3, 0.4) is 0 Å². The van der Waals surface area contributed by atoms with Gasteiger partial charge in [-0.3, -0.25) is 4.79 Å². The summed E-state index contributed by atoms with van der Waals surface area (Å²) in [5.41, 5.74) is 0. The highest BCUT2D eigenvalue weighted by atomic mass is 16.1. The molecule has 0 aliphatic heterocycles. The van der Waals surface area contributed by atoms with Crippen molar-refractivity contribution in [3.8, 4) is 0 Å². The molecular formula is C15H27NO. The minimum atomic E-state index is 0.482. The third-order valence-electron chi connectivity index (χ3n) is 5.00. The van der Waals surface area contributed by atoms with Gasteiger partial charge >= 0.3 is 0 Å². The molecule has 0 amide bonds. The van der Waals surface area contributed by atoms with Crippen molar-refractivity contribution in [3.63, 3.8) is 0 Å². The van der Waals surface area contributed by atoms with E-state index in [2.05, 4.69) is 18.9 Å². The van der Waals surface area contributed by atoms with Gasteiger partial charge in [-0.2, -0.15) is 0 Å². The molecule has 17 heavy (non-hydrogen) atoms. The zero-order valence-electron chi connectivity index (χ0n) is 11.5. The van der Waals surface area contributed by atoms with Crippen LogP contribution in [0.15, 0.2) is 0 Å². The number of ketones is 1. The number of carbonyl (C=O) groups is 1. The second-order valence-electron chi connectivity index (χ2n) is 6.04. The largest absolute Gasteiger partial charge is 0.300 e. The minimum absolute atomic E-state index is 0.482. The minimum Gasteiger partial charge on any atom is -0.300 e. The normalized spacial score (nSPS) is 35.2. The van der Waals surface area contributed by atoms with E-state index >= 15 is 0 Å². The highest BCUT2D eigenvalue weighted by Gasteiger charge is 2.29. The van der Waals surface area contributed by atoms with Crippen molar-refractivity contribution in [2.45, 2.75) is 76.8 Å². The van der Waals surface area contributed by atoms with Crippen molar-refractivity contribution in [1.29, 1.82) is 0 Å². The fraction of sp³-hybridized carbons (Fsp3) is 0.933. The lowest BCUT2D eigenvalue weighted by molar-refractivity contribution is -0.122. The molecule has 0 bridgehead atoms. The van der Waals surface area contributed by atoms with Crippen LogP contribution in [-0.2, 0) is 4.79 Å². The highest BCUT2D eigenvalue weighted by Crippen LogP contribution is 2.31. The van der Waals surface area contributed by atoms with E-state index in [1.54, 1.807) is 0 Å². The molecule has 0 aromatic carbocycles. The van der Waals surface area contributed by atoms with Gasteiger partial charge in [-0.1, -0.05) is 13.3 Å². The summed E-state index contributed by atoms with van der Waals surface area (Å²) in [5.74, 6) is 1.45. The first kappa shape index (κ1) is 13.1. The summed E-state index contributed by atoms with van der Waals surface area (Å²) in [6.07, 6.45) is 10.8. The van der Waals surface area contributed by atoms with E-state index in [4.69, 9.17) is 0 Å². The van der Waals surface area contributed by atoms with Gasteiger partial charge in [0.15, 0.2) is 0 Å². The third kappa shape index (κ3) is 3.31. The first-order valence-electron chi connectivity index (χ1n) is 7.44. The van der Waals surface area contributed by atoms with Crippen LogP contribution in [0, 0.1) is 5.92 Å². The molecule has 2 heteroatoms. The summed E-state index contributed by atoms with van der Waals surface area (Å²) in [6, 6.07) is 1.29. The molecule has 0 radical (unpaired) electrons. The standard InChI is InChI=1S/C15H27NO/c1-3-12-7-9-13(10-8-12)16(2)14-5-4-6-15(17)11-14/h12-14H,3-11H2,1-2H3. The Labute approximate surface area is 106 Å². The summed E-state index contributed by atoms with van der Waals surface area (Å²) in [7, 11) is 2.25. The Morgan fingerprint density at radius 1 is 1.12 bits per heavy atom. The van der Waals surface area contributed by atoms with Crippen LogP contribution in [0.25, 0.3) is 0 Å². The maximum absolute atomic E-state index is 11.5. The average Bonchev–Trinajstić information content (AvgIpc) is 2.38. The van der Waals surface area contributed by atoms with Crippen molar-refractivity contribution < 1.29 is 4.79 Å². The maximum Gasteiger partial charge on any atom is 0.134 e. The predicted molar refractivity (Wildman–Crippen MR) is 71.1 cm³/mol. The molecule has 2 fully saturated rings. The van der Waals surface area contributed by atoms with Crippen LogP contribution >= 0.6 is 0 Å². The van der Waals surface area contributed by atoms with Gasteiger partial charge < -0.3 is 4.90 Å². The lowest BCUT2D eigenvalue weighted by Gasteiger charge is -2.40. The Morgan fingerprint density at radius 3 is 2.41 bits per heavy atom. The van der Waals surface area contributed by atoms with E-state index in [1.807, 2.05) is 0 Å². The molecule has 2 saturated carbocycles. The molecule has 2 aliphatic rings. The van der Waals surface area contributed by atoms with Gasteiger partial charge in [-0.05, 0) is 51.5 Å². The van der Waals surface area contributed by atoms with Gasteiger partial charge in [0.25, 0.3) is 0 Å². The van der Waals surface area contributed by atoms with Crippen molar-refractivity contribution in [3.05, 3.63) is 0 Å². The average molecular weight is 237 g/mol. The number of carbonyl (C=O) groups excluding carboxylic acids is 1. The van der Waals surface area contributed by atoms with Gasteiger partial charge in [-0.25, -0.2) is 0 Å². The van der Waals surface area contributed by atoms with E-state index in [0.29, 0.717) is 11.8 Å². The first-order chi connectivity index (χ1) is 8.20. The summed E-state index contributed by atoms with van der Waals surface area (Å²) in [4.78, 5) is 14.1. The first-order valence-corrected chi connectivity index (χ1v) is 7.44. The quantitative estimate of drug-likeness (QED) is 0.750. The van der Waals surface area contributed by atoms with Crippen molar-refractivity contribution in [2.24, 2.45) is 5.92 Å². The molecule has 0 heterocycles. The number of hydrogen-bond donors (Lipinski definition) is 0. The third-order valence-corrected chi connectivity index (χ3v) is 5.00. The van der Waals surface area contributed by atoms with Gasteiger partial charge in [0, 0.05) is 24.9 Å². The SMILES string of the molecule is CCC1CCC(N(C)C2CCCC(=O)C2)CC1. The second-order valence-corrected chi connectivity index (χ2v) is 6.04. The van der Waals surface area contributed by atoms with Gasteiger partial charge in [0.05, 0.1) is 0 Å². The summed E-state index contributed by atoms with van der Waals surface area (Å²) < 4.78 is 0. The van der Waals surface area contributed by atoms with E-state index in [1.165, 1.54) is 38.5 Å². The molecule has 0 N–H and O–H groups in total. The smallest absolute Gasteiger partial charge is 0.134 e. The molecule has 0 spiro atoms. The second kappa shape index (κ2) is 5.99. The number of rotatable bonds is 3. The fourth-order valence-electron chi connectivity index (χ4n) is 3.61. The topological polar surface area (TPSA) is 20.3 Å². The monoisotopic (exact) mass is 237 g/mol. The van der Waals surface area contributed by atoms with Crippen molar-refractivity contribution >= 4 is 5.78 Å². The Bertz CT molecular complexity index is 256. The van der Waals surface area contributed by atoms with Crippen LogP contribution in [0.1, 0.15) is 64.7 Å². The lowest BCUT2D eigenvalue weighted by Crippen LogP contribution is -2.44. The van der Waals surface area contributed by atoms with Crippen LogP contribution in [0.4, 0.5) is 0 Å². The van der Waals surface area contributed by atoms with Crippen LogP contribution in [0.5, 0.6) is 0 Å². The Balaban J connectivity index is 1.83. The molecule has 2 aliphatic carbocycles. The zero-order valence-corrected chi connectivity index (χ0v) is 11.5. The molecule has 0 aromatic rings. The fourth-order valence-corrected chi connectivity index (χ4v) is 3.61. The number of Topliss-reactive ketones (excluding diaryl/α,β-unsaturated/α-hetero) is 1. The Hall–Kier alpha value is -0.370. The maximum atomic E-state index is 11.5. The van der Waals surface area contributed by atoms with Gasteiger partial charge in [0.1, 0.15) is 5.78 Å². The van der Waals surface area contributed by atoms with E-state index < -0.39 is 0 Å². The van der Waals surface area contributed by atoms with Gasteiger partial charge in [-0.15, -0.1) is 0 Å². The van der Waals surface area contributed by atoms with E-state index in [9.17, 15) is 4.79 Å². The zero-order chi connectivity index (χ0) is 12.3. The summed E-state index contributed by atoms with van der Waals surface area (Å²) in [5, 5.41) is 0. The van der Waals surface area contributed by atoms with E-state index in [-0.39, 0.29) is 0 Å².